The van der Waals surface area contributed by atoms with E-state index in [1.54, 1.807) is 0 Å². The number of para-hydroxylation sites is 2. The van der Waals surface area contributed by atoms with Gasteiger partial charge in [-0.2, -0.15) is 9.97 Å². The van der Waals surface area contributed by atoms with Crippen LogP contribution in [0, 0.1) is 0 Å². The Kier molecular flexibility index (Phi) is 5.80. The van der Waals surface area contributed by atoms with Gasteiger partial charge in [0.25, 0.3) is 0 Å². The normalized spacial score (nSPS) is 11.7. The zero-order chi connectivity index (χ0) is 29.9. The SMILES string of the molecule is Clc1nc(-c2cccc3c2oc2ccccc23)nc(-c2cccc3oc4ccc(-c5ccc(-c6ccccc6)cc5)cc4c23)n1. The summed E-state index contributed by atoms with van der Waals surface area (Å²) in [5.41, 5.74) is 9.19. The third kappa shape index (κ3) is 4.28. The summed E-state index contributed by atoms with van der Waals surface area (Å²) in [5.74, 6) is 0.905. The average Bonchev–Trinajstić information content (AvgIpc) is 3.66. The smallest absolute Gasteiger partial charge is 0.226 e. The second kappa shape index (κ2) is 10.2. The molecule has 3 aromatic heterocycles. The molecule has 0 fully saturated rings. The Balaban J connectivity index is 1.18. The zero-order valence-corrected chi connectivity index (χ0v) is 24.5. The molecule has 0 unspecified atom stereocenters. The molecule has 0 aliphatic heterocycles. The summed E-state index contributed by atoms with van der Waals surface area (Å²) in [6.07, 6.45) is 0. The van der Waals surface area contributed by atoms with Crippen LogP contribution < -0.4 is 0 Å². The Hall–Kier alpha value is -5.78. The van der Waals surface area contributed by atoms with Gasteiger partial charge in [0, 0.05) is 27.1 Å². The highest BCUT2D eigenvalue weighted by molar-refractivity contribution is 6.28. The van der Waals surface area contributed by atoms with E-state index >= 15 is 0 Å². The third-order valence-corrected chi connectivity index (χ3v) is 8.48. The van der Waals surface area contributed by atoms with E-state index in [2.05, 4.69) is 70.6 Å². The lowest BCUT2D eigenvalue weighted by atomic mass is 9.98. The first kappa shape index (κ1) is 25.7. The van der Waals surface area contributed by atoms with Crippen LogP contribution in [0.5, 0.6) is 0 Å². The molecule has 0 atom stereocenters. The monoisotopic (exact) mass is 599 g/mol. The molecule has 45 heavy (non-hydrogen) atoms. The van der Waals surface area contributed by atoms with Crippen LogP contribution in [0.2, 0.25) is 5.28 Å². The quantitative estimate of drug-likeness (QED) is 0.201. The van der Waals surface area contributed by atoms with E-state index in [1.807, 2.05) is 72.8 Å². The minimum atomic E-state index is 0.104. The lowest BCUT2D eigenvalue weighted by molar-refractivity contribution is 0.668. The van der Waals surface area contributed by atoms with Gasteiger partial charge in [0.1, 0.15) is 22.3 Å². The van der Waals surface area contributed by atoms with Gasteiger partial charge < -0.3 is 8.83 Å². The van der Waals surface area contributed by atoms with E-state index in [4.69, 9.17) is 25.4 Å². The second-order valence-electron chi connectivity index (χ2n) is 11.0. The van der Waals surface area contributed by atoms with E-state index in [0.29, 0.717) is 17.2 Å². The molecule has 6 aromatic carbocycles. The van der Waals surface area contributed by atoms with Gasteiger partial charge in [0.2, 0.25) is 5.28 Å². The lowest BCUT2D eigenvalue weighted by Gasteiger charge is -2.07. The maximum absolute atomic E-state index is 6.57. The first-order chi connectivity index (χ1) is 22.2. The van der Waals surface area contributed by atoms with Gasteiger partial charge in [-0.05, 0) is 64.2 Å². The van der Waals surface area contributed by atoms with Crippen LogP contribution in [0.25, 0.3) is 88.9 Å². The van der Waals surface area contributed by atoms with Crippen molar-refractivity contribution in [1.29, 1.82) is 0 Å². The molecule has 0 radical (unpaired) electrons. The van der Waals surface area contributed by atoms with Crippen molar-refractivity contribution in [2.75, 3.05) is 0 Å². The minimum absolute atomic E-state index is 0.104. The van der Waals surface area contributed by atoms with Gasteiger partial charge in [-0.3, -0.25) is 0 Å². The Morgan fingerprint density at radius 1 is 0.422 bits per heavy atom. The lowest BCUT2D eigenvalue weighted by Crippen LogP contribution is -1.97. The van der Waals surface area contributed by atoms with Crippen LogP contribution in [-0.4, -0.2) is 15.0 Å². The summed E-state index contributed by atoms with van der Waals surface area (Å²) in [7, 11) is 0. The number of aromatic nitrogens is 3. The van der Waals surface area contributed by atoms with Gasteiger partial charge in [0.05, 0.1) is 5.56 Å². The second-order valence-corrected chi connectivity index (χ2v) is 11.3. The van der Waals surface area contributed by atoms with Gasteiger partial charge in [-0.1, -0.05) is 103 Å². The number of rotatable bonds is 4. The molecule has 0 N–H and O–H groups in total. The molecular weight excluding hydrogens is 578 g/mol. The zero-order valence-electron chi connectivity index (χ0n) is 23.7. The summed E-state index contributed by atoms with van der Waals surface area (Å²) < 4.78 is 12.6. The molecular formula is C39H22ClN3O2. The summed E-state index contributed by atoms with van der Waals surface area (Å²) >= 11 is 6.57. The molecule has 9 aromatic rings. The van der Waals surface area contributed by atoms with Crippen molar-refractivity contribution in [2.24, 2.45) is 0 Å². The fourth-order valence-corrected chi connectivity index (χ4v) is 6.35. The molecule has 0 spiro atoms. The Bertz CT molecular complexity index is 2550. The summed E-state index contributed by atoms with van der Waals surface area (Å²) in [5, 5.41) is 4.03. The van der Waals surface area contributed by atoms with Gasteiger partial charge >= 0.3 is 0 Å². The Morgan fingerprint density at radius 2 is 1.02 bits per heavy atom. The molecule has 0 saturated heterocycles. The van der Waals surface area contributed by atoms with Crippen LogP contribution in [0.15, 0.2) is 142 Å². The van der Waals surface area contributed by atoms with Crippen molar-refractivity contribution in [2.45, 2.75) is 0 Å². The highest BCUT2D eigenvalue weighted by atomic mass is 35.5. The van der Waals surface area contributed by atoms with Crippen LogP contribution in [-0.2, 0) is 0 Å². The first-order valence-electron chi connectivity index (χ1n) is 14.6. The van der Waals surface area contributed by atoms with Crippen molar-refractivity contribution in [3.05, 3.63) is 139 Å². The first-order valence-corrected chi connectivity index (χ1v) is 15.0. The molecule has 0 aliphatic carbocycles. The Morgan fingerprint density at radius 3 is 1.87 bits per heavy atom. The highest BCUT2D eigenvalue weighted by Gasteiger charge is 2.19. The van der Waals surface area contributed by atoms with Crippen molar-refractivity contribution in [3.8, 4) is 45.0 Å². The number of hydrogen-bond donors (Lipinski definition) is 0. The van der Waals surface area contributed by atoms with Gasteiger partial charge in [0.15, 0.2) is 11.6 Å². The van der Waals surface area contributed by atoms with E-state index in [1.165, 1.54) is 11.1 Å². The van der Waals surface area contributed by atoms with Crippen molar-refractivity contribution in [3.63, 3.8) is 0 Å². The predicted octanol–water partition coefficient (Wildman–Crippen LogP) is 11.0. The molecule has 0 bridgehead atoms. The van der Waals surface area contributed by atoms with E-state index < -0.39 is 0 Å². The molecule has 9 rings (SSSR count). The number of furan rings is 2. The van der Waals surface area contributed by atoms with Crippen molar-refractivity contribution >= 4 is 55.5 Å². The average molecular weight is 600 g/mol. The maximum atomic E-state index is 6.57. The van der Waals surface area contributed by atoms with Crippen LogP contribution in [0.3, 0.4) is 0 Å². The van der Waals surface area contributed by atoms with Gasteiger partial charge in [-0.25, -0.2) is 4.98 Å². The largest absolute Gasteiger partial charge is 0.456 e. The van der Waals surface area contributed by atoms with E-state index in [0.717, 1.165) is 60.5 Å². The maximum Gasteiger partial charge on any atom is 0.226 e. The summed E-state index contributed by atoms with van der Waals surface area (Å²) in [6, 6.07) is 45.1. The van der Waals surface area contributed by atoms with Gasteiger partial charge in [-0.15, -0.1) is 0 Å². The number of fused-ring (bicyclic) bond motifs is 6. The van der Waals surface area contributed by atoms with Crippen molar-refractivity contribution < 1.29 is 8.83 Å². The van der Waals surface area contributed by atoms with Crippen LogP contribution in [0.1, 0.15) is 0 Å². The minimum Gasteiger partial charge on any atom is -0.456 e. The highest BCUT2D eigenvalue weighted by Crippen LogP contribution is 2.39. The fourth-order valence-electron chi connectivity index (χ4n) is 6.19. The topological polar surface area (TPSA) is 65.0 Å². The molecule has 3 heterocycles. The molecule has 0 amide bonds. The Labute approximate surface area is 262 Å². The molecule has 6 heteroatoms. The van der Waals surface area contributed by atoms with E-state index in [-0.39, 0.29) is 5.28 Å². The fraction of sp³-hybridized carbons (Fsp3) is 0. The van der Waals surface area contributed by atoms with Crippen LogP contribution in [0.4, 0.5) is 0 Å². The van der Waals surface area contributed by atoms with Crippen LogP contribution >= 0.6 is 11.6 Å². The summed E-state index contributed by atoms with van der Waals surface area (Å²) in [4.78, 5) is 14.0. The van der Waals surface area contributed by atoms with Crippen molar-refractivity contribution in [1.82, 2.24) is 15.0 Å². The predicted molar refractivity (Wildman–Crippen MR) is 181 cm³/mol. The standard InChI is InChI=1S/C39H22ClN3O2/c40-39-42-37(41-38(43-39)30-13-6-11-28-27-10-4-5-14-32(27)45-36(28)30)29-12-7-15-34-35(29)31-22-26(20-21-33(31)44-34)25-18-16-24(17-19-25)23-8-2-1-3-9-23/h1-22H. The molecule has 212 valence electrons. The number of benzene rings is 6. The van der Waals surface area contributed by atoms with E-state index in [9.17, 15) is 0 Å². The third-order valence-electron chi connectivity index (χ3n) is 8.31. The molecule has 0 saturated carbocycles. The number of halogens is 1. The summed E-state index contributed by atoms with van der Waals surface area (Å²) in [6.45, 7) is 0. The molecule has 0 aliphatic rings. The molecule has 5 nitrogen and oxygen atoms in total. The number of hydrogen-bond acceptors (Lipinski definition) is 5. The number of nitrogens with zero attached hydrogens (tertiary/aromatic N) is 3.